The van der Waals surface area contributed by atoms with Crippen LogP contribution < -0.4 is 0 Å². The fourth-order valence-corrected chi connectivity index (χ4v) is 2.91. The highest BCUT2D eigenvalue weighted by molar-refractivity contribution is 5.90. The summed E-state index contributed by atoms with van der Waals surface area (Å²) in [5, 5.41) is 18.6. The first-order valence-corrected chi connectivity index (χ1v) is 8.83. The minimum absolute atomic E-state index is 0.0867. The van der Waals surface area contributed by atoms with Gasteiger partial charge in [-0.15, -0.1) is 0 Å². The third-order valence-corrected chi connectivity index (χ3v) is 4.38. The van der Waals surface area contributed by atoms with E-state index in [1.54, 1.807) is 24.5 Å². The SMILES string of the molecule is O=C(O)c1ccnc(-c2cc(-c3ccncc3)cc(-c3cc(C(=O)O)ccn3)n2)c1. The summed E-state index contributed by atoms with van der Waals surface area (Å²) in [6.07, 6.45) is 6.12. The first kappa shape index (κ1) is 18.9. The van der Waals surface area contributed by atoms with Gasteiger partial charge >= 0.3 is 11.9 Å². The number of hydrogen-bond donors (Lipinski definition) is 2. The van der Waals surface area contributed by atoms with Crippen LogP contribution in [-0.2, 0) is 0 Å². The molecule has 0 saturated carbocycles. The molecular weight excluding hydrogens is 384 g/mol. The molecule has 0 aliphatic rings. The number of hydrogen-bond acceptors (Lipinski definition) is 6. The Hall–Kier alpha value is -4.46. The molecule has 4 heterocycles. The fraction of sp³-hybridized carbons (Fsp3) is 0. The number of aromatic carboxylic acids is 2. The number of pyridine rings is 4. The molecule has 8 nitrogen and oxygen atoms in total. The van der Waals surface area contributed by atoms with Gasteiger partial charge in [0.05, 0.1) is 33.9 Å². The highest BCUT2D eigenvalue weighted by atomic mass is 16.4. The van der Waals surface area contributed by atoms with Gasteiger partial charge in [-0.3, -0.25) is 15.0 Å². The highest BCUT2D eigenvalue weighted by Crippen LogP contribution is 2.29. The van der Waals surface area contributed by atoms with E-state index in [2.05, 4.69) is 19.9 Å². The summed E-state index contributed by atoms with van der Waals surface area (Å²) < 4.78 is 0. The predicted octanol–water partition coefficient (Wildman–Crippen LogP) is 3.66. The fourth-order valence-electron chi connectivity index (χ4n) is 2.91. The van der Waals surface area contributed by atoms with Crippen molar-refractivity contribution in [3.8, 4) is 33.9 Å². The molecular formula is C22H14N4O4. The maximum Gasteiger partial charge on any atom is 0.335 e. The van der Waals surface area contributed by atoms with Crippen molar-refractivity contribution in [1.29, 1.82) is 0 Å². The summed E-state index contributed by atoms with van der Waals surface area (Å²) in [5.74, 6) is -2.14. The van der Waals surface area contributed by atoms with Crippen LogP contribution in [0.4, 0.5) is 0 Å². The van der Waals surface area contributed by atoms with Crippen LogP contribution in [0.5, 0.6) is 0 Å². The zero-order valence-electron chi connectivity index (χ0n) is 15.4. The van der Waals surface area contributed by atoms with Crippen molar-refractivity contribution in [3.05, 3.63) is 84.4 Å². The van der Waals surface area contributed by atoms with E-state index in [4.69, 9.17) is 0 Å². The summed E-state index contributed by atoms with van der Waals surface area (Å²) in [6.45, 7) is 0. The highest BCUT2D eigenvalue weighted by Gasteiger charge is 2.14. The lowest BCUT2D eigenvalue weighted by atomic mass is 10.0. The molecule has 8 heteroatoms. The summed E-state index contributed by atoms with van der Waals surface area (Å²) in [6, 6.07) is 12.9. The number of carboxylic acids is 2. The van der Waals surface area contributed by atoms with Gasteiger partial charge in [0.25, 0.3) is 0 Å². The Morgan fingerprint density at radius 3 is 1.57 bits per heavy atom. The molecule has 0 aliphatic carbocycles. The molecule has 0 aromatic carbocycles. The van der Waals surface area contributed by atoms with Crippen LogP contribution in [0.25, 0.3) is 33.9 Å². The van der Waals surface area contributed by atoms with Crippen molar-refractivity contribution < 1.29 is 19.8 Å². The van der Waals surface area contributed by atoms with Crippen molar-refractivity contribution >= 4 is 11.9 Å². The lowest BCUT2D eigenvalue weighted by molar-refractivity contribution is 0.0686. The Bertz CT molecular complexity index is 1180. The molecule has 0 radical (unpaired) electrons. The molecule has 0 aliphatic heterocycles. The Morgan fingerprint density at radius 2 is 1.10 bits per heavy atom. The normalized spacial score (nSPS) is 10.5. The first-order chi connectivity index (χ1) is 14.5. The van der Waals surface area contributed by atoms with E-state index in [9.17, 15) is 19.8 Å². The standard InChI is InChI=1S/C22H14N4O4/c27-21(28)14-3-7-24-17(9-14)19-11-16(13-1-5-23-6-2-13)12-20(26-19)18-10-15(22(29)30)4-8-25-18/h1-12H,(H,27,28)(H,29,30). The van der Waals surface area contributed by atoms with Crippen molar-refractivity contribution in [2.24, 2.45) is 0 Å². The van der Waals surface area contributed by atoms with Gasteiger partial charge in [0, 0.05) is 24.8 Å². The summed E-state index contributed by atoms with van der Waals surface area (Å²) >= 11 is 0. The molecule has 0 saturated heterocycles. The van der Waals surface area contributed by atoms with E-state index in [0.717, 1.165) is 11.1 Å². The molecule has 0 spiro atoms. The smallest absolute Gasteiger partial charge is 0.335 e. The molecule has 4 aromatic heterocycles. The van der Waals surface area contributed by atoms with Gasteiger partial charge in [-0.2, -0.15) is 0 Å². The van der Waals surface area contributed by atoms with Gasteiger partial charge in [-0.25, -0.2) is 14.6 Å². The van der Waals surface area contributed by atoms with Gasteiger partial charge in [0.15, 0.2) is 0 Å². The minimum atomic E-state index is -1.07. The molecule has 4 aromatic rings. The van der Waals surface area contributed by atoms with Crippen molar-refractivity contribution in [2.75, 3.05) is 0 Å². The van der Waals surface area contributed by atoms with E-state index < -0.39 is 11.9 Å². The average Bonchev–Trinajstić information content (AvgIpc) is 2.79. The molecule has 0 atom stereocenters. The van der Waals surface area contributed by atoms with E-state index in [-0.39, 0.29) is 11.1 Å². The molecule has 0 bridgehead atoms. The Morgan fingerprint density at radius 1 is 0.600 bits per heavy atom. The number of carbonyl (C=O) groups is 2. The number of nitrogens with zero attached hydrogens (tertiary/aromatic N) is 4. The Balaban J connectivity index is 1.92. The third kappa shape index (κ3) is 3.88. The molecule has 4 rings (SSSR count). The first-order valence-electron chi connectivity index (χ1n) is 8.83. The zero-order valence-corrected chi connectivity index (χ0v) is 15.4. The lowest BCUT2D eigenvalue weighted by Gasteiger charge is -2.10. The second-order valence-electron chi connectivity index (χ2n) is 6.33. The molecule has 0 amide bonds. The molecule has 0 fully saturated rings. The second-order valence-corrected chi connectivity index (χ2v) is 6.33. The van der Waals surface area contributed by atoms with Crippen LogP contribution in [0.1, 0.15) is 20.7 Å². The quantitative estimate of drug-likeness (QED) is 0.521. The third-order valence-electron chi connectivity index (χ3n) is 4.38. The van der Waals surface area contributed by atoms with Gasteiger partial charge in [0.1, 0.15) is 0 Å². The Labute approximate surface area is 170 Å². The molecule has 2 N–H and O–H groups in total. The van der Waals surface area contributed by atoms with Crippen LogP contribution in [0, 0.1) is 0 Å². The number of aromatic nitrogens is 4. The number of carboxylic acid groups (broad SMARTS) is 2. The van der Waals surface area contributed by atoms with Crippen molar-refractivity contribution in [1.82, 2.24) is 19.9 Å². The molecule has 146 valence electrons. The zero-order chi connectivity index (χ0) is 21.1. The molecule has 0 unspecified atom stereocenters. The van der Waals surface area contributed by atoms with E-state index in [1.807, 2.05) is 12.1 Å². The molecule has 30 heavy (non-hydrogen) atoms. The maximum atomic E-state index is 11.3. The topological polar surface area (TPSA) is 126 Å². The van der Waals surface area contributed by atoms with Gasteiger partial charge in [-0.05, 0) is 59.7 Å². The van der Waals surface area contributed by atoms with Crippen LogP contribution in [-0.4, -0.2) is 42.1 Å². The van der Waals surface area contributed by atoms with Crippen molar-refractivity contribution in [3.63, 3.8) is 0 Å². The van der Waals surface area contributed by atoms with Crippen LogP contribution in [0.2, 0.25) is 0 Å². The summed E-state index contributed by atoms with van der Waals surface area (Å²) in [7, 11) is 0. The average molecular weight is 398 g/mol. The van der Waals surface area contributed by atoms with Crippen molar-refractivity contribution in [2.45, 2.75) is 0 Å². The van der Waals surface area contributed by atoms with Gasteiger partial charge < -0.3 is 10.2 Å². The van der Waals surface area contributed by atoms with Crippen LogP contribution in [0.3, 0.4) is 0 Å². The minimum Gasteiger partial charge on any atom is -0.478 e. The monoisotopic (exact) mass is 398 g/mol. The van der Waals surface area contributed by atoms with Crippen LogP contribution >= 0.6 is 0 Å². The van der Waals surface area contributed by atoms with Crippen LogP contribution in [0.15, 0.2) is 73.3 Å². The summed E-state index contributed by atoms with van der Waals surface area (Å²) in [4.78, 5) is 39.8. The van der Waals surface area contributed by atoms with E-state index >= 15 is 0 Å². The maximum absolute atomic E-state index is 11.3. The largest absolute Gasteiger partial charge is 0.478 e. The number of rotatable bonds is 5. The summed E-state index contributed by atoms with van der Waals surface area (Å²) in [5.41, 5.74) is 3.44. The predicted molar refractivity (Wildman–Crippen MR) is 108 cm³/mol. The second kappa shape index (κ2) is 7.88. The van der Waals surface area contributed by atoms with E-state index in [1.165, 1.54) is 36.7 Å². The lowest BCUT2D eigenvalue weighted by Crippen LogP contribution is -2.00. The van der Waals surface area contributed by atoms with E-state index in [0.29, 0.717) is 22.8 Å². The Kier molecular flexibility index (Phi) is 4.96. The van der Waals surface area contributed by atoms with Gasteiger partial charge in [0.2, 0.25) is 0 Å². The van der Waals surface area contributed by atoms with Gasteiger partial charge in [-0.1, -0.05) is 0 Å².